The number of nitrogen functional groups attached to an aromatic ring is 1. The van der Waals surface area contributed by atoms with Gasteiger partial charge in [0.25, 0.3) is 0 Å². The first kappa shape index (κ1) is 51.6. The third-order valence-electron chi connectivity index (χ3n) is 12.9. The number of benzene rings is 4. The van der Waals surface area contributed by atoms with Gasteiger partial charge in [0.2, 0.25) is 11.8 Å². The Morgan fingerprint density at radius 1 is 0.618 bits per heavy atom. The molecule has 0 atom stereocenters. The molecule has 0 radical (unpaired) electrons. The number of carbonyl (C=O) groups excluding carboxylic acids is 5. The minimum atomic E-state index is -4.23. The van der Waals surface area contributed by atoms with Crippen molar-refractivity contribution in [3.05, 3.63) is 96.6 Å². The molecule has 0 unspecified atom stereocenters. The van der Waals surface area contributed by atoms with Crippen LogP contribution < -0.4 is 16.4 Å². The molecule has 2 heterocycles. The summed E-state index contributed by atoms with van der Waals surface area (Å²) in [7, 11) is 0. The van der Waals surface area contributed by atoms with Crippen LogP contribution in [-0.2, 0) is 9.59 Å². The number of anilines is 3. The number of rotatable bonds is 9. The molecule has 0 spiro atoms. The van der Waals surface area contributed by atoms with Crippen LogP contribution >= 0.6 is 11.8 Å². The SMILES string of the molecule is CCCC(=O)c1ccc(NC(=O)N2CCCN(C(=O)CC3CCCC3)CC2)cc1.Nc1ccc(SC(F)(F)F)cc1.O=C(Nc1ccc2ccccc2c1)N1CCCN(C(=O)C2CCCC2)CC1. The quantitative estimate of drug-likeness (QED) is 0.0859. The summed E-state index contributed by atoms with van der Waals surface area (Å²) in [6.45, 7) is 7.19. The van der Waals surface area contributed by atoms with Crippen molar-refractivity contribution < 1.29 is 37.1 Å². The zero-order valence-corrected chi connectivity index (χ0v) is 39.9. The molecule has 0 bridgehead atoms. The lowest BCUT2D eigenvalue weighted by molar-refractivity contribution is -0.135. The van der Waals surface area contributed by atoms with Gasteiger partial charge in [0.1, 0.15) is 0 Å². The number of halogens is 3. The largest absolute Gasteiger partial charge is 0.446 e. The van der Waals surface area contributed by atoms with Gasteiger partial charge < -0.3 is 36.0 Å². The molecule has 12 nitrogen and oxygen atoms in total. The normalized spacial score (nSPS) is 17.0. The van der Waals surface area contributed by atoms with Crippen molar-refractivity contribution in [2.45, 2.75) is 101 Å². The summed E-state index contributed by atoms with van der Waals surface area (Å²) in [5.41, 5.74) is 3.70. The molecule has 16 heteroatoms. The van der Waals surface area contributed by atoms with Crippen LogP contribution in [0.3, 0.4) is 0 Å². The predicted molar refractivity (Wildman–Crippen MR) is 265 cm³/mol. The molecule has 4 fully saturated rings. The van der Waals surface area contributed by atoms with Crippen molar-refractivity contribution in [3.8, 4) is 0 Å². The minimum Gasteiger partial charge on any atom is -0.399 e. The van der Waals surface area contributed by atoms with Gasteiger partial charge in [-0.15, -0.1) is 0 Å². The number of nitrogens with one attached hydrogen (secondary N) is 2. The summed E-state index contributed by atoms with van der Waals surface area (Å²) >= 11 is -0.146. The van der Waals surface area contributed by atoms with E-state index >= 15 is 0 Å². The van der Waals surface area contributed by atoms with Gasteiger partial charge in [-0.3, -0.25) is 14.4 Å². The van der Waals surface area contributed by atoms with Gasteiger partial charge in [-0.05, 0) is 134 Å². The molecule has 366 valence electrons. The van der Waals surface area contributed by atoms with Crippen molar-refractivity contribution in [2.24, 2.45) is 11.8 Å². The zero-order valence-electron chi connectivity index (χ0n) is 39.1. The molecule has 2 aliphatic heterocycles. The number of hydrogen-bond donors (Lipinski definition) is 3. The molecule has 2 saturated heterocycles. The lowest BCUT2D eigenvalue weighted by Crippen LogP contribution is -2.40. The van der Waals surface area contributed by atoms with Crippen molar-refractivity contribution in [1.29, 1.82) is 0 Å². The van der Waals surface area contributed by atoms with Crippen LogP contribution in [0.1, 0.15) is 101 Å². The maximum Gasteiger partial charge on any atom is 0.446 e. The molecule has 2 aliphatic carbocycles. The Kier molecular flexibility index (Phi) is 19.4. The third-order valence-corrected chi connectivity index (χ3v) is 13.7. The van der Waals surface area contributed by atoms with E-state index in [2.05, 4.69) is 16.7 Å². The van der Waals surface area contributed by atoms with E-state index in [0.29, 0.717) is 80.9 Å². The molecular formula is C52H66F3N7O5S. The van der Waals surface area contributed by atoms with Crippen LogP contribution in [0.2, 0.25) is 0 Å². The lowest BCUT2D eigenvalue weighted by atomic mass is 10.0. The maximum absolute atomic E-state index is 12.7. The minimum absolute atomic E-state index is 0.0829. The van der Waals surface area contributed by atoms with Crippen molar-refractivity contribution >= 4 is 69.3 Å². The zero-order chi connectivity index (χ0) is 48.5. The summed E-state index contributed by atoms with van der Waals surface area (Å²) in [4.78, 5) is 70.2. The van der Waals surface area contributed by atoms with Gasteiger partial charge in [0, 0.05) is 98.6 Å². The second-order valence-corrected chi connectivity index (χ2v) is 19.2. The highest BCUT2D eigenvalue weighted by Gasteiger charge is 2.31. The van der Waals surface area contributed by atoms with E-state index in [1.165, 1.54) is 62.8 Å². The highest BCUT2D eigenvalue weighted by molar-refractivity contribution is 8.00. The molecule has 4 aromatic carbocycles. The highest BCUT2D eigenvalue weighted by atomic mass is 32.2. The van der Waals surface area contributed by atoms with E-state index < -0.39 is 5.51 Å². The molecular weight excluding hydrogens is 892 g/mol. The number of ketones is 1. The standard InChI is InChI=1S/C23H33N3O3.C22H27N3O2.C7H6F3NS/c1-2-6-21(27)19-9-11-20(12-10-19)24-23(29)26-14-5-13-25(15-16-26)22(28)17-18-7-3-4-8-18;26-21(18-7-2-3-8-18)24-12-5-13-25(15-14-24)22(27)23-20-11-10-17-6-1-4-9-19(17)16-20;8-7(9,10)12-6-3-1-5(11)2-4-6/h9-12,18H,2-8,13-17H2,1H3,(H,24,29);1,4,6,9-11,16,18H,2-3,5,7-8,12-15H2,(H,23,27);1-4H,11H2. The number of carbonyl (C=O) groups is 5. The average molecular weight is 958 g/mol. The number of nitrogens with zero attached hydrogens (tertiary/aromatic N) is 4. The Morgan fingerprint density at radius 3 is 1.76 bits per heavy atom. The second kappa shape index (κ2) is 25.6. The van der Waals surface area contributed by atoms with Gasteiger partial charge >= 0.3 is 17.6 Å². The van der Waals surface area contributed by atoms with E-state index in [0.717, 1.165) is 61.7 Å². The van der Waals surface area contributed by atoms with Crippen molar-refractivity contribution in [2.75, 3.05) is 68.7 Å². The average Bonchev–Trinajstić information content (AvgIpc) is 3.93. The van der Waals surface area contributed by atoms with Crippen LogP contribution in [0.4, 0.5) is 39.8 Å². The molecule has 8 rings (SSSR count). The van der Waals surface area contributed by atoms with E-state index in [4.69, 9.17) is 5.73 Å². The van der Waals surface area contributed by atoms with Crippen LogP contribution in [0.5, 0.6) is 0 Å². The third kappa shape index (κ3) is 16.2. The second-order valence-electron chi connectivity index (χ2n) is 18.0. The lowest BCUT2D eigenvalue weighted by Gasteiger charge is -2.24. The fourth-order valence-electron chi connectivity index (χ4n) is 9.18. The monoisotopic (exact) mass is 957 g/mol. The van der Waals surface area contributed by atoms with E-state index in [1.54, 1.807) is 29.2 Å². The molecule has 0 aromatic heterocycles. The number of fused-ring (bicyclic) bond motifs is 1. The van der Waals surface area contributed by atoms with Crippen molar-refractivity contribution in [3.63, 3.8) is 0 Å². The summed E-state index contributed by atoms with van der Waals surface area (Å²) in [5, 5.41) is 8.20. The molecule has 2 saturated carbocycles. The van der Waals surface area contributed by atoms with E-state index in [-0.39, 0.29) is 46.3 Å². The molecule has 4 aliphatic rings. The van der Waals surface area contributed by atoms with E-state index in [1.807, 2.05) is 58.0 Å². The number of thioether (sulfide) groups is 1. The van der Waals surface area contributed by atoms with Crippen molar-refractivity contribution in [1.82, 2.24) is 19.6 Å². The van der Waals surface area contributed by atoms with Crippen LogP contribution in [0, 0.1) is 11.8 Å². The Balaban J connectivity index is 0.000000182. The van der Waals surface area contributed by atoms with Crippen LogP contribution in [0.15, 0.2) is 95.9 Å². The molecule has 68 heavy (non-hydrogen) atoms. The summed E-state index contributed by atoms with van der Waals surface area (Å²) in [5.74, 6) is 1.43. The fraction of sp³-hybridized carbons (Fsp3) is 0.481. The number of amides is 6. The first-order chi connectivity index (χ1) is 32.7. The predicted octanol–water partition coefficient (Wildman–Crippen LogP) is 11.3. The number of alkyl halides is 3. The van der Waals surface area contributed by atoms with E-state index in [9.17, 15) is 37.1 Å². The Labute approximate surface area is 402 Å². The number of urea groups is 2. The maximum atomic E-state index is 12.7. The number of nitrogens with two attached hydrogens (primary N) is 1. The first-order valence-electron chi connectivity index (χ1n) is 24.2. The van der Waals surface area contributed by atoms with Gasteiger partial charge in [-0.1, -0.05) is 62.9 Å². The van der Waals surface area contributed by atoms with Gasteiger partial charge in [0.05, 0.1) is 0 Å². The molecule has 4 aromatic rings. The summed E-state index contributed by atoms with van der Waals surface area (Å²) < 4.78 is 35.3. The number of Topliss-reactive ketones (excluding diaryl/α,β-unsaturated/α-hetero) is 1. The van der Waals surface area contributed by atoms with Crippen LogP contribution in [-0.4, -0.2) is 107 Å². The van der Waals surface area contributed by atoms with Gasteiger partial charge in [-0.25, -0.2) is 9.59 Å². The fourth-order valence-corrected chi connectivity index (χ4v) is 9.72. The van der Waals surface area contributed by atoms with Gasteiger partial charge in [0.15, 0.2) is 5.78 Å². The summed E-state index contributed by atoms with van der Waals surface area (Å²) in [6, 6.07) is 26.5. The Hall–Kier alpha value is -5.77. The number of hydrogen-bond acceptors (Lipinski definition) is 7. The smallest absolute Gasteiger partial charge is 0.399 e. The first-order valence-corrected chi connectivity index (χ1v) is 25.0. The van der Waals surface area contributed by atoms with Crippen LogP contribution in [0.25, 0.3) is 10.8 Å². The summed E-state index contributed by atoms with van der Waals surface area (Å²) in [6.07, 6.45) is 12.9. The Bertz CT molecular complexity index is 2290. The topological polar surface area (TPSA) is 148 Å². The van der Waals surface area contributed by atoms with Gasteiger partial charge in [-0.2, -0.15) is 13.2 Å². The Morgan fingerprint density at radius 2 is 1.15 bits per heavy atom. The molecule has 4 N–H and O–H groups in total. The highest BCUT2D eigenvalue weighted by Crippen LogP contribution is 2.37. The molecule has 6 amide bonds.